The van der Waals surface area contributed by atoms with Crippen LogP contribution in [0.3, 0.4) is 0 Å². The van der Waals surface area contributed by atoms with Crippen LogP contribution in [0, 0.1) is 0 Å². The van der Waals surface area contributed by atoms with Crippen molar-refractivity contribution >= 4 is 5.82 Å². The predicted molar refractivity (Wildman–Crippen MR) is 73.0 cm³/mol. The average molecular weight is 300 g/mol. The lowest BCUT2D eigenvalue weighted by atomic mass is 10.0. The highest BCUT2D eigenvalue weighted by Crippen LogP contribution is 2.29. The van der Waals surface area contributed by atoms with E-state index in [1.165, 1.54) is 18.9 Å². The fraction of sp³-hybridized carbons (Fsp3) is 0.714. The molecule has 1 aromatic rings. The molecule has 1 atom stereocenters. The zero-order valence-corrected chi connectivity index (χ0v) is 11.7. The molecule has 1 aliphatic heterocycles. The van der Waals surface area contributed by atoms with Gasteiger partial charge in [-0.15, -0.1) is 10.2 Å². The molecular weight excluding hydrogens is 281 g/mol. The van der Waals surface area contributed by atoms with Crippen LogP contribution in [0.25, 0.3) is 0 Å². The maximum absolute atomic E-state index is 12.5. The van der Waals surface area contributed by atoms with E-state index in [0.29, 0.717) is 17.9 Å². The van der Waals surface area contributed by atoms with Gasteiger partial charge in [0.1, 0.15) is 0 Å². The Labute approximate surface area is 121 Å². The summed E-state index contributed by atoms with van der Waals surface area (Å²) in [5.41, 5.74) is -0.934. The number of piperidine rings is 1. The first-order valence-corrected chi connectivity index (χ1v) is 7.45. The van der Waals surface area contributed by atoms with E-state index in [1.54, 1.807) is 0 Å². The zero-order valence-electron chi connectivity index (χ0n) is 11.7. The highest BCUT2D eigenvalue weighted by Gasteiger charge is 2.33. The van der Waals surface area contributed by atoms with Gasteiger partial charge >= 0.3 is 6.18 Å². The Morgan fingerprint density at radius 1 is 1.14 bits per heavy atom. The maximum atomic E-state index is 12.5. The summed E-state index contributed by atoms with van der Waals surface area (Å²) in [6.07, 6.45) is 1.27. The lowest BCUT2D eigenvalue weighted by Gasteiger charge is -2.36. The molecule has 0 amide bonds. The fourth-order valence-electron chi connectivity index (χ4n) is 2.73. The van der Waals surface area contributed by atoms with E-state index in [0.717, 1.165) is 38.4 Å². The van der Waals surface area contributed by atoms with Crippen molar-refractivity contribution in [3.8, 4) is 0 Å². The van der Waals surface area contributed by atoms with E-state index >= 15 is 0 Å². The summed E-state index contributed by atoms with van der Waals surface area (Å²) in [7, 11) is 0. The average Bonchev–Trinajstić information content (AvgIpc) is 3.29. The number of nitrogens with one attached hydrogen (secondary N) is 1. The molecule has 21 heavy (non-hydrogen) atoms. The van der Waals surface area contributed by atoms with Gasteiger partial charge in [0.2, 0.25) is 0 Å². The lowest BCUT2D eigenvalue weighted by molar-refractivity contribution is -0.141. The molecule has 0 radical (unpaired) electrons. The van der Waals surface area contributed by atoms with Crippen molar-refractivity contribution in [2.24, 2.45) is 0 Å². The van der Waals surface area contributed by atoms with Crippen LogP contribution in [0.5, 0.6) is 0 Å². The van der Waals surface area contributed by atoms with Crippen LogP contribution in [-0.2, 0) is 6.18 Å². The largest absolute Gasteiger partial charge is 0.435 e. The standard InChI is InChI=1S/C14H19F3N4/c15-14(16,17)12-6-7-13(20-19-12)21-8-2-1-3-11(21)9-18-10-4-5-10/h6-7,10-11,18H,1-5,8-9H2. The molecule has 1 aliphatic carbocycles. The predicted octanol–water partition coefficient (Wildman–Crippen LogP) is 2.61. The van der Waals surface area contributed by atoms with Gasteiger partial charge in [0.15, 0.2) is 11.5 Å². The Morgan fingerprint density at radius 2 is 1.95 bits per heavy atom. The molecule has 1 N–H and O–H groups in total. The molecular formula is C14H19F3N4. The summed E-state index contributed by atoms with van der Waals surface area (Å²) in [6.45, 7) is 1.70. The van der Waals surface area contributed by atoms with Crippen LogP contribution in [0.1, 0.15) is 37.8 Å². The molecule has 1 aromatic heterocycles. The van der Waals surface area contributed by atoms with Crippen molar-refractivity contribution in [3.05, 3.63) is 17.8 Å². The van der Waals surface area contributed by atoms with Gasteiger partial charge in [-0.3, -0.25) is 0 Å². The van der Waals surface area contributed by atoms with E-state index in [1.807, 2.05) is 0 Å². The van der Waals surface area contributed by atoms with E-state index < -0.39 is 11.9 Å². The molecule has 2 fully saturated rings. The van der Waals surface area contributed by atoms with E-state index in [9.17, 15) is 13.2 Å². The first-order chi connectivity index (χ1) is 10.0. The normalized spacial score (nSPS) is 23.4. The monoisotopic (exact) mass is 300 g/mol. The van der Waals surface area contributed by atoms with Crippen molar-refractivity contribution < 1.29 is 13.2 Å². The second-order valence-corrected chi connectivity index (χ2v) is 5.80. The molecule has 3 rings (SSSR count). The van der Waals surface area contributed by atoms with Crippen LogP contribution >= 0.6 is 0 Å². The van der Waals surface area contributed by atoms with Gasteiger partial charge in [0.05, 0.1) is 0 Å². The number of halogens is 3. The minimum atomic E-state index is -4.43. The Bertz CT molecular complexity index is 470. The highest BCUT2D eigenvalue weighted by molar-refractivity contribution is 5.39. The van der Waals surface area contributed by atoms with Crippen molar-refractivity contribution in [1.29, 1.82) is 0 Å². The molecule has 0 spiro atoms. The summed E-state index contributed by atoms with van der Waals surface area (Å²) in [5.74, 6) is 0.547. The van der Waals surface area contributed by atoms with Gasteiger partial charge in [-0.1, -0.05) is 0 Å². The number of aromatic nitrogens is 2. The minimum absolute atomic E-state index is 0.297. The number of nitrogens with zero attached hydrogens (tertiary/aromatic N) is 3. The molecule has 116 valence electrons. The quantitative estimate of drug-likeness (QED) is 0.928. The molecule has 7 heteroatoms. The van der Waals surface area contributed by atoms with Crippen molar-refractivity contribution in [3.63, 3.8) is 0 Å². The second-order valence-electron chi connectivity index (χ2n) is 5.80. The molecule has 0 bridgehead atoms. The molecule has 1 saturated heterocycles. The Balaban J connectivity index is 1.69. The maximum Gasteiger partial charge on any atom is 0.435 e. The van der Waals surface area contributed by atoms with Crippen molar-refractivity contribution in [2.45, 2.75) is 50.4 Å². The van der Waals surface area contributed by atoms with Gasteiger partial charge in [0, 0.05) is 25.2 Å². The van der Waals surface area contributed by atoms with Gasteiger partial charge < -0.3 is 10.2 Å². The topological polar surface area (TPSA) is 41.0 Å². The Morgan fingerprint density at radius 3 is 2.57 bits per heavy atom. The van der Waals surface area contributed by atoms with Crippen LogP contribution in [0.4, 0.5) is 19.0 Å². The first kappa shape index (κ1) is 14.6. The van der Waals surface area contributed by atoms with Crippen LogP contribution < -0.4 is 10.2 Å². The SMILES string of the molecule is FC(F)(F)c1ccc(N2CCCCC2CNC2CC2)nn1. The third-order valence-electron chi connectivity index (χ3n) is 4.08. The molecule has 1 saturated carbocycles. The Kier molecular flexibility index (Phi) is 4.01. The number of hydrogen-bond acceptors (Lipinski definition) is 4. The van der Waals surface area contributed by atoms with Crippen LogP contribution in [0.2, 0.25) is 0 Å². The van der Waals surface area contributed by atoms with E-state index in [4.69, 9.17) is 0 Å². The summed E-state index contributed by atoms with van der Waals surface area (Å²) in [6, 6.07) is 3.38. The molecule has 2 heterocycles. The van der Waals surface area contributed by atoms with E-state index in [-0.39, 0.29) is 0 Å². The number of anilines is 1. The lowest BCUT2D eigenvalue weighted by Crippen LogP contribution is -2.46. The number of rotatable bonds is 4. The molecule has 2 aliphatic rings. The van der Waals surface area contributed by atoms with Crippen molar-refractivity contribution in [1.82, 2.24) is 15.5 Å². The number of alkyl halides is 3. The zero-order chi connectivity index (χ0) is 14.9. The molecule has 1 unspecified atom stereocenters. The summed E-state index contributed by atoms with van der Waals surface area (Å²) < 4.78 is 37.6. The third-order valence-corrected chi connectivity index (χ3v) is 4.08. The smallest absolute Gasteiger partial charge is 0.351 e. The first-order valence-electron chi connectivity index (χ1n) is 7.45. The van der Waals surface area contributed by atoms with Crippen LogP contribution in [-0.4, -0.2) is 35.4 Å². The van der Waals surface area contributed by atoms with Crippen LogP contribution in [0.15, 0.2) is 12.1 Å². The number of hydrogen-bond donors (Lipinski definition) is 1. The Hall–Kier alpha value is -1.37. The summed E-state index contributed by atoms with van der Waals surface area (Å²) in [5, 5.41) is 10.6. The summed E-state index contributed by atoms with van der Waals surface area (Å²) in [4.78, 5) is 2.09. The fourth-order valence-corrected chi connectivity index (χ4v) is 2.73. The van der Waals surface area contributed by atoms with Gasteiger partial charge in [0.25, 0.3) is 0 Å². The molecule has 4 nitrogen and oxygen atoms in total. The van der Waals surface area contributed by atoms with Gasteiger partial charge in [-0.2, -0.15) is 13.2 Å². The van der Waals surface area contributed by atoms with Gasteiger partial charge in [-0.05, 0) is 44.2 Å². The van der Waals surface area contributed by atoms with Crippen molar-refractivity contribution in [2.75, 3.05) is 18.0 Å². The van der Waals surface area contributed by atoms with E-state index in [2.05, 4.69) is 20.4 Å². The summed E-state index contributed by atoms with van der Waals surface area (Å²) >= 11 is 0. The highest BCUT2D eigenvalue weighted by atomic mass is 19.4. The second kappa shape index (κ2) is 5.79. The minimum Gasteiger partial charge on any atom is -0.351 e. The third kappa shape index (κ3) is 3.64. The molecule has 0 aromatic carbocycles. The van der Waals surface area contributed by atoms with Gasteiger partial charge in [-0.25, -0.2) is 0 Å².